The van der Waals surface area contributed by atoms with Crippen molar-refractivity contribution in [3.8, 4) is 0 Å². The summed E-state index contributed by atoms with van der Waals surface area (Å²) >= 11 is 0. The predicted octanol–water partition coefficient (Wildman–Crippen LogP) is 1.31. The Morgan fingerprint density at radius 3 is 2.50 bits per heavy atom. The minimum atomic E-state index is 0.597. The fraction of sp³-hybridized carbons (Fsp3) is 0.714. The van der Waals surface area contributed by atoms with Gasteiger partial charge in [0.1, 0.15) is 0 Å². The van der Waals surface area contributed by atoms with E-state index in [-0.39, 0.29) is 0 Å². The van der Waals surface area contributed by atoms with E-state index in [1.807, 2.05) is 0 Å². The molecule has 0 fully saturated rings. The third-order valence-corrected chi connectivity index (χ3v) is 1.55. The van der Waals surface area contributed by atoms with Crippen molar-refractivity contribution in [1.29, 1.82) is 0 Å². The van der Waals surface area contributed by atoms with Crippen LogP contribution in [0.5, 0.6) is 0 Å². The SMILES string of the molecule is CCC1C=CC(C)N1. The van der Waals surface area contributed by atoms with Crippen LogP contribution in [0.4, 0.5) is 0 Å². The van der Waals surface area contributed by atoms with Crippen LogP contribution in [-0.4, -0.2) is 12.1 Å². The Labute approximate surface area is 50.8 Å². The van der Waals surface area contributed by atoms with Crippen LogP contribution >= 0.6 is 0 Å². The van der Waals surface area contributed by atoms with E-state index >= 15 is 0 Å². The molecule has 2 unspecified atom stereocenters. The van der Waals surface area contributed by atoms with Gasteiger partial charge in [0.25, 0.3) is 0 Å². The van der Waals surface area contributed by atoms with Crippen LogP contribution in [0.1, 0.15) is 20.3 Å². The smallest absolute Gasteiger partial charge is 0.0253 e. The van der Waals surface area contributed by atoms with Crippen LogP contribution < -0.4 is 5.32 Å². The molecule has 0 amide bonds. The quantitative estimate of drug-likeness (QED) is 0.503. The molecular formula is C7H13N. The van der Waals surface area contributed by atoms with Gasteiger partial charge in [0.05, 0.1) is 0 Å². The van der Waals surface area contributed by atoms with E-state index in [4.69, 9.17) is 0 Å². The summed E-state index contributed by atoms with van der Waals surface area (Å²) in [6, 6.07) is 1.24. The summed E-state index contributed by atoms with van der Waals surface area (Å²) in [5.41, 5.74) is 0. The zero-order valence-corrected chi connectivity index (χ0v) is 5.52. The Hall–Kier alpha value is -0.300. The van der Waals surface area contributed by atoms with Crippen LogP contribution in [-0.2, 0) is 0 Å². The Kier molecular flexibility index (Phi) is 1.69. The first-order valence-corrected chi connectivity index (χ1v) is 3.27. The summed E-state index contributed by atoms with van der Waals surface area (Å²) < 4.78 is 0. The highest BCUT2D eigenvalue weighted by molar-refractivity contribution is 5.06. The van der Waals surface area contributed by atoms with E-state index in [1.165, 1.54) is 6.42 Å². The maximum atomic E-state index is 3.39. The van der Waals surface area contributed by atoms with Gasteiger partial charge in [0.15, 0.2) is 0 Å². The minimum absolute atomic E-state index is 0.597. The maximum absolute atomic E-state index is 3.39. The first-order valence-electron chi connectivity index (χ1n) is 3.27. The zero-order chi connectivity index (χ0) is 5.98. The van der Waals surface area contributed by atoms with Crippen molar-refractivity contribution in [2.45, 2.75) is 32.4 Å². The van der Waals surface area contributed by atoms with Crippen LogP contribution in [0, 0.1) is 0 Å². The molecule has 1 heteroatoms. The third-order valence-electron chi connectivity index (χ3n) is 1.55. The topological polar surface area (TPSA) is 12.0 Å². The van der Waals surface area contributed by atoms with Gasteiger partial charge in [-0.05, 0) is 13.3 Å². The molecule has 0 aromatic carbocycles. The first-order chi connectivity index (χ1) is 3.83. The molecule has 0 spiro atoms. The molecule has 1 aliphatic heterocycles. The van der Waals surface area contributed by atoms with Gasteiger partial charge >= 0.3 is 0 Å². The fourth-order valence-corrected chi connectivity index (χ4v) is 1.00. The fourth-order valence-electron chi connectivity index (χ4n) is 1.00. The average Bonchev–Trinajstić information content (AvgIpc) is 2.14. The second-order valence-corrected chi connectivity index (χ2v) is 2.35. The van der Waals surface area contributed by atoms with E-state index in [2.05, 4.69) is 31.3 Å². The second kappa shape index (κ2) is 2.31. The Morgan fingerprint density at radius 1 is 1.50 bits per heavy atom. The summed E-state index contributed by atoms with van der Waals surface area (Å²) in [5.74, 6) is 0. The lowest BCUT2D eigenvalue weighted by molar-refractivity contribution is 0.579. The summed E-state index contributed by atoms with van der Waals surface area (Å²) in [6.07, 6.45) is 5.67. The zero-order valence-electron chi connectivity index (χ0n) is 5.52. The number of hydrogen-bond acceptors (Lipinski definition) is 1. The second-order valence-electron chi connectivity index (χ2n) is 2.35. The first kappa shape index (κ1) is 5.83. The molecule has 0 saturated heterocycles. The average molecular weight is 111 g/mol. The largest absolute Gasteiger partial charge is 0.305 e. The predicted molar refractivity (Wildman–Crippen MR) is 35.8 cm³/mol. The highest BCUT2D eigenvalue weighted by Crippen LogP contribution is 2.03. The molecule has 2 atom stereocenters. The van der Waals surface area contributed by atoms with Gasteiger partial charge in [-0.25, -0.2) is 0 Å². The molecular weight excluding hydrogens is 98.1 g/mol. The van der Waals surface area contributed by atoms with Gasteiger partial charge in [-0.2, -0.15) is 0 Å². The highest BCUT2D eigenvalue weighted by atomic mass is 15.0. The number of rotatable bonds is 1. The lowest BCUT2D eigenvalue weighted by atomic mass is 10.2. The Bertz CT molecular complexity index is 96.6. The molecule has 1 nitrogen and oxygen atoms in total. The van der Waals surface area contributed by atoms with Crippen molar-refractivity contribution in [2.75, 3.05) is 0 Å². The molecule has 0 radical (unpaired) electrons. The van der Waals surface area contributed by atoms with E-state index in [1.54, 1.807) is 0 Å². The van der Waals surface area contributed by atoms with Gasteiger partial charge in [0, 0.05) is 12.1 Å². The molecule has 0 saturated carbocycles. The molecule has 1 rings (SSSR count). The monoisotopic (exact) mass is 111 g/mol. The summed E-state index contributed by atoms with van der Waals surface area (Å²) in [6.45, 7) is 4.37. The lowest BCUT2D eigenvalue weighted by Gasteiger charge is -2.06. The van der Waals surface area contributed by atoms with Gasteiger partial charge in [-0.3, -0.25) is 0 Å². The van der Waals surface area contributed by atoms with Crippen molar-refractivity contribution in [2.24, 2.45) is 0 Å². The van der Waals surface area contributed by atoms with E-state index in [9.17, 15) is 0 Å². The normalized spacial score (nSPS) is 36.2. The van der Waals surface area contributed by atoms with Crippen molar-refractivity contribution < 1.29 is 0 Å². The molecule has 0 aliphatic carbocycles. The molecule has 0 aromatic heterocycles. The summed E-state index contributed by atoms with van der Waals surface area (Å²) in [7, 11) is 0. The van der Waals surface area contributed by atoms with Crippen molar-refractivity contribution in [3.05, 3.63) is 12.2 Å². The van der Waals surface area contributed by atoms with Gasteiger partial charge < -0.3 is 5.32 Å². The number of nitrogens with one attached hydrogen (secondary N) is 1. The minimum Gasteiger partial charge on any atom is -0.305 e. The standard InChI is InChI=1S/C7H13N/c1-3-7-5-4-6(2)8-7/h4-8H,3H2,1-2H3. The van der Waals surface area contributed by atoms with E-state index in [0.717, 1.165) is 0 Å². The molecule has 0 aromatic rings. The van der Waals surface area contributed by atoms with Crippen LogP contribution in [0.25, 0.3) is 0 Å². The van der Waals surface area contributed by atoms with Gasteiger partial charge in [-0.15, -0.1) is 0 Å². The molecule has 1 aliphatic rings. The van der Waals surface area contributed by atoms with Crippen molar-refractivity contribution in [1.82, 2.24) is 5.32 Å². The third kappa shape index (κ3) is 1.10. The summed E-state index contributed by atoms with van der Waals surface area (Å²) in [5, 5.41) is 3.39. The van der Waals surface area contributed by atoms with Crippen LogP contribution in [0.15, 0.2) is 12.2 Å². The van der Waals surface area contributed by atoms with Crippen LogP contribution in [0.2, 0.25) is 0 Å². The molecule has 0 bridgehead atoms. The van der Waals surface area contributed by atoms with Gasteiger partial charge in [-0.1, -0.05) is 19.1 Å². The maximum Gasteiger partial charge on any atom is 0.0253 e. The lowest BCUT2D eigenvalue weighted by Crippen LogP contribution is -2.27. The molecule has 8 heavy (non-hydrogen) atoms. The van der Waals surface area contributed by atoms with Gasteiger partial charge in [0.2, 0.25) is 0 Å². The Balaban J connectivity index is 2.34. The molecule has 46 valence electrons. The number of hydrogen-bond donors (Lipinski definition) is 1. The molecule has 1 heterocycles. The molecule has 1 N–H and O–H groups in total. The van der Waals surface area contributed by atoms with E-state index < -0.39 is 0 Å². The van der Waals surface area contributed by atoms with Crippen molar-refractivity contribution >= 4 is 0 Å². The van der Waals surface area contributed by atoms with Crippen molar-refractivity contribution in [3.63, 3.8) is 0 Å². The summed E-state index contributed by atoms with van der Waals surface area (Å²) in [4.78, 5) is 0. The highest BCUT2D eigenvalue weighted by Gasteiger charge is 2.09. The van der Waals surface area contributed by atoms with E-state index in [0.29, 0.717) is 12.1 Å². The van der Waals surface area contributed by atoms with Crippen LogP contribution in [0.3, 0.4) is 0 Å². The Morgan fingerprint density at radius 2 is 2.25 bits per heavy atom.